The van der Waals surface area contributed by atoms with E-state index in [1.54, 1.807) is 0 Å². The number of aromatic nitrogens is 3. The van der Waals surface area contributed by atoms with Crippen LogP contribution < -0.4 is 11.1 Å². The molecule has 116 valence electrons. The van der Waals surface area contributed by atoms with Crippen LogP contribution >= 0.6 is 23.7 Å². The Morgan fingerprint density at radius 2 is 2.14 bits per heavy atom. The number of aryl methyl sites for hydroxylation is 1. The number of nitrogens with two attached hydrogens (primary N) is 1. The predicted molar refractivity (Wildman–Crippen MR) is 84.4 cm³/mol. The number of nitrogens with one attached hydrogen (secondary N) is 1. The molecule has 0 aromatic carbocycles. The van der Waals surface area contributed by atoms with Gasteiger partial charge in [0, 0.05) is 24.5 Å². The van der Waals surface area contributed by atoms with E-state index in [-0.39, 0.29) is 17.9 Å². The Morgan fingerprint density at radius 1 is 1.38 bits per heavy atom. The van der Waals surface area contributed by atoms with Crippen LogP contribution in [0.25, 0.3) is 0 Å². The summed E-state index contributed by atoms with van der Waals surface area (Å²) in [4.78, 5) is 9.67. The minimum atomic E-state index is -0.172. The van der Waals surface area contributed by atoms with Gasteiger partial charge in [-0.25, -0.2) is 4.98 Å². The van der Waals surface area contributed by atoms with Crippen LogP contribution in [0.1, 0.15) is 48.7 Å². The summed E-state index contributed by atoms with van der Waals surface area (Å²) in [6.07, 6.45) is 7.55. The third kappa shape index (κ3) is 3.53. The van der Waals surface area contributed by atoms with E-state index in [9.17, 15) is 0 Å². The van der Waals surface area contributed by atoms with E-state index >= 15 is 0 Å². The van der Waals surface area contributed by atoms with Crippen molar-refractivity contribution in [1.29, 1.82) is 0 Å². The third-order valence-electron chi connectivity index (χ3n) is 3.84. The molecule has 1 aliphatic carbocycles. The first-order chi connectivity index (χ1) is 9.68. The summed E-state index contributed by atoms with van der Waals surface area (Å²) in [5.41, 5.74) is 5.50. The van der Waals surface area contributed by atoms with E-state index in [0.29, 0.717) is 11.0 Å². The van der Waals surface area contributed by atoms with Gasteiger partial charge in [0.25, 0.3) is 0 Å². The topological polar surface area (TPSA) is 89.9 Å². The Hall–Kier alpha value is -1.18. The second kappa shape index (κ2) is 6.72. The SMILES string of the molecule is Cc1nc(C2(NCc3cnc(N)s3)CCCCC2)no1.Cl. The molecule has 2 aromatic heterocycles. The molecule has 0 saturated heterocycles. The van der Waals surface area contributed by atoms with Crippen molar-refractivity contribution >= 4 is 28.9 Å². The standard InChI is InChI=1S/C13H19N5OS.ClH/c1-9-17-11(18-19-9)13(5-3-2-4-6-13)16-8-10-7-15-12(14)20-10;/h7,16H,2-6,8H2,1H3,(H2,14,15);1H. The minimum absolute atomic E-state index is 0. The molecule has 0 radical (unpaired) electrons. The molecule has 6 nitrogen and oxygen atoms in total. The monoisotopic (exact) mass is 329 g/mol. The number of hydrogen-bond acceptors (Lipinski definition) is 7. The zero-order valence-electron chi connectivity index (χ0n) is 12.0. The summed E-state index contributed by atoms with van der Waals surface area (Å²) in [7, 11) is 0. The molecule has 0 unspecified atom stereocenters. The van der Waals surface area contributed by atoms with Gasteiger partial charge in [-0.05, 0) is 12.8 Å². The lowest BCUT2D eigenvalue weighted by molar-refractivity contribution is 0.211. The smallest absolute Gasteiger partial charge is 0.223 e. The van der Waals surface area contributed by atoms with Gasteiger partial charge in [-0.3, -0.25) is 5.32 Å². The number of thiazole rings is 1. The van der Waals surface area contributed by atoms with E-state index in [1.807, 2.05) is 13.1 Å². The van der Waals surface area contributed by atoms with Gasteiger partial charge in [-0.15, -0.1) is 23.7 Å². The van der Waals surface area contributed by atoms with Gasteiger partial charge in [-0.1, -0.05) is 24.4 Å². The van der Waals surface area contributed by atoms with E-state index in [2.05, 4.69) is 20.4 Å². The van der Waals surface area contributed by atoms with Gasteiger partial charge in [0.2, 0.25) is 5.89 Å². The maximum absolute atomic E-state index is 5.67. The summed E-state index contributed by atoms with van der Waals surface area (Å²) in [6.45, 7) is 2.57. The quantitative estimate of drug-likeness (QED) is 0.896. The third-order valence-corrected chi connectivity index (χ3v) is 4.66. The first kappa shape index (κ1) is 16.2. The van der Waals surface area contributed by atoms with Crippen LogP contribution in [0.5, 0.6) is 0 Å². The second-order valence-electron chi connectivity index (χ2n) is 5.30. The zero-order chi connectivity index (χ0) is 14.0. The molecule has 0 aliphatic heterocycles. The van der Waals surface area contributed by atoms with E-state index < -0.39 is 0 Å². The molecule has 8 heteroatoms. The molecule has 1 saturated carbocycles. The van der Waals surface area contributed by atoms with Crippen LogP contribution in [0.3, 0.4) is 0 Å². The molecule has 0 amide bonds. The summed E-state index contributed by atoms with van der Waals surface area (Å²) in [6, 6.07) is 0. The lowest BCUT2D eigenvalue weighted by Crippen LogP contribution is -2.44. The van der Waals surface area contributed by atoms with Gasteiger partial charge in [0.15, 0.2) is 11.0 Å². The fourth-order valence-corrected chi connectivity index (χ4v) is 3.41. The Balaban J connectivity index is 0.00000161. The van der Waals surface area contributed by atoms with Crippen LogP contribution in [0.2, 0.25) is 0 Å². The van der Waals surface area contributed by atoms with Crippen molar-refractivity contribution in [1.82, 2.24) is 20.4 Å². The fourth-order valence-electron chi connectivity index (χ4n) is 2.79. The highest BCUT2D eigenvalue weighted by Crippen LogP contribution is 2.36. The van der Waals surface area contributed by atoms with Crippen LogP contribution in [-0.2, 0) is 12.1 Å². The molecule has 1 fully saturated rings. The lowest BCUT2D eigenvalue weighted by Gasteiger charge is -2.35. The Bertz CT molecular complexity index is 579. The van der Waals surface area contributed by atoms with Gasteiger partial charge < -0.3 is 10.3 Å². The average molecular weight is 330 g/mol. The molecule has 0 atom stereocenters. The Kier molecular flexibility index (Phi) is 5.18. The molecule has 3 rings (SSSR count). The molecular formula is C13H20ClN5OS. The van der Waals surface area contributed by atoms with Crippen molar-refractivity contribution in [3.8, 4) is 0 Å². The van der Waals surface area contributed by atoms with Gasteiger partial charge in [0.05, 0.1) is 5.54 Å². The minimum Gasteiger partial charge on any atom is -0.375 e. The maximum Gasteiger partial charge on any atom is 0.223 e. The summed E-state index contributed by atoms with van der Waals surface area (Å²) < 4.78 is 5.17. The van der Waals surface area contributed by atoms with Crippen molar-refractivity contribution in [2.45, 2.75) is 51.1 Å². The van der Waals surface area contributed by atoms with Crippen molar-refractivity contribution in [3.05, 3.63) is 22.8 Å². The predicted octanol–water partition coefficient (Wildman–Crippen LogP) is 2.79. The molecule has 3 N–H and O–H groups in total. The van der Waals surface area contributed by atoms with Crippen LogP contribution in [0.4, 0.5) is 5.13 Å². The average Bonchev–Trinajstić information content (AvgIpc) is 3.07. The molecule has 1 aliphatic rings. The first-order valence-electron chi connectivity index (χ1n) is 6.94. The van der Waals surface area contributed by atoms with E-state index in [0.717, 1.165) is 30.1 Å². The van der Waals surface area contributed by atoms with Crippen molar-refractivity contribution in [3.63, 3.8) is 0 Å². The highest BCUT2D eigenvalue weighted by atomic mass is 35.5. The molecule has 2 heterocycles. The van der Waals surface area contributed by atoms with Crippen LogP contribution in [0, 0.1) is 6.92 Å². The normalized spacial score (nSPS) is 17.4. The Labute approximate surface area is 133 Å². The number of nitrogen functional groups attached to an aromatic ring is 1. The number of nitrogens with zero attached hydrogens (tertiary/aromatic N) is 3. The largest absolute Gasteiger partial charge is 0.375 e. The van der Waals surface area contributed by atoms with Crippen molar-refractivity contribution < 1.29 is 4.52 Å². The molecule has 0 bridgehead atoms. The fraction of sp³-hybridized carbons (Fsp3) is 0.615. The van der Waals surface area contributed by atoms with Crippen LogP contribution in [-0.4, -0.2) is 15.1 Å². The summed E-state index contributed by atoms with van der Waals surface area (Å²) >= 11 is 1.52. The highest BCUT2D eigenvalue weighted by molar-refractivity contribution is 7.15. The zero-order valence-corrected chi connectivity index (χ0v) is 13.6. The van der Waals surface area contributed by atoms with Gasteiger partial charge >= 0.3 is 0 Å². The molecule has 0 spiro atoms. The summed E-state index contributed by atoms with van der Waals surface area (Å²) in [5.74, 6) is 1.40. The van der Waals surface area contributed by atoms with Crippen LogP contribution in [0.15, 0.2) is 10.7 Å². The number of halogens is 1. The Morgan fingerprint density at radius 3 is 2.71 bits per heavy atom. The van der Waals surface area contributed by atoms with Gasteiger partial charge in [-0.2, -0.15) is 4.98 Å². The first-order valence-corrected chi connectivity index (χ1v) is 7.76. The molecular weight excluding hydrogens is 310 g/mol. The summed E-state index contributed by atoms with van der Waals surface area (Å²) in [5, 5.41) is 8.37. The van der Waals surface area contributed by atoms with Crippen molar-refractivity contribution in [2.75, 3.05) is 5.73 Å². The van der Waals surface area contributed by atoms with Gasteiger partial charge in [0.1, 0.15) is 0 Å². The van der Waals surface area contributed by atoms with E-state index in [4.69, 9.17) is 10.3 Å². The number of hydrogen-bond donors (Lipinski definition) is 2. The van der Waals surface area contributed by atoms with Crippen molar-refractivity contribution in [2.24, 2.45) is 0 Å². The molecule has 21 heavy (non-hydrogen) atoms. The lowest BCUT2D eigenvalue weighted by atomic mass is 9.81. The maximum atomic E-state index is 5.67. The molecule has 2 aromatic rings. The number of rotatable bonds is 4. The second-order valence-corrected chi connectivity index (χ2v) is 6.44. The number of anilines is 1. The van der Waals surface area contributed by atoms with E-state index in [1.165, 1.54) is 30.6 Å². The highest BCUT2D eigenvalue weighted by Gasteiger charge is 2.37.